The Morgan fingerprint density at radius 1 is 0.418 bits per heavy atom. The van der Waals surface area contributed by atoms with Crippen molar-refractivity contribution in [2.75, 3.05) is 4.90 Å². The molecule has 0 saturated heterocycles. The highest BCUT2D eigenvalue weighted by molar-refractivity contribution is 7.99. The molecule has 10 aromatic rings. The fraction of sp³-hybridized carbons (Fsp3) is 0. The average molecular weight is 722 g/mol. The van der Waals surface area contributed by atoms with Crippen LogP contribution in [0.2, 0.25) is 0 Å². The fourth-order valence-electron chi connectivity index (χ4n) is 7.96. The highest BCUT2D eigenvalue weighted by Crippen LogP contribution is 2.52. The van der Waals surface area contributed by atoms with Gasteiger partial charge in [-0.3, -0.25) is 4.57 Å². The Morgan fingerprint density at radius 3 is 1.82 bits per heavy atom. The van der Waals surface area contributed by atoms with Crippen molar-refractivity contribution in [2.45, 2.75) is 9.79 Å². The molecule has 0 unspecified atom stereocenters. The first-order chi connectivity index (χ1) is 27.3. The van der Waals surface area contributed by atoms with Crippen molar-refractivity contribution in [1.29, 1.82) is 0 Å². The van der Waals surface area contributed by atoms with Gasteiger partial charge in [-0.25, -0.2) is 4.98 Å². The minimum atomic E-state index is 0.580. The highest BCUT2D eigenvalue weighted by atomic mass is 32.2. The van der Waals surface area contributed by atoms with Crippen molar-refractivity contribution < 1.29 is 0 Å². The van der Waals surface area contributed by atoms with E-state index in [1.54, 1.807) is 0 Å². The predicted octanol–water partition coefficient (Wildman–Crippen LogP) is 13.1. The maximum Gasteiger partial charge on any atom is 0.238 e. The number of aromatic nitrogens is 4. The zero-order valence-electron chi connectivity index (χ0n) is 29.5. The SMILES string of the molecule is c1ccc(-c2nc(-c3ccccc3)nc(-n3c4cccc(-c5ccc6c(c5)Sc5ccccc5N6c5ccccc5)c4c4c5ccccc5ccc43)n2)cc1. The van der Waals surface area contributed by atoms with Crippen LogP contribution in [0.3, 0.4) is 0 Å². The lowest BCUT2D eigenvalue weighted by Gasteiger charge is -2.33. The minimum absolute atomic E-state index is 0.580. The number of hydrogen-bond donors (Lipinski definition) is 0. The van der Waals surface area contributed by atoms with Gasteiger partial charge in [0, 0.05) is 37.4 Å². The Labute approximate surface area is 322 Å². The van der Waals surface area contributed by atoms with Crippen LogP contribution >= 0.6 is 11.8 Å². The number of nitrogens with zero attached hydrogens (tertiary/aromatic N) is 5. The smallest absolute Gasteiger partial charge is 0.238 e. The van der Waals surface area contributed by atoms with Gasteiger partial charge in [0.25, 0.3) is 0 Å². The second kappa shape index (κ2) is 12.8. The molecule has 1 aliphatic heterocycles. The molecule has 0 aliphatic carbocycles. The van der Waals surface area contributed by atoms with Gasteiger partial charge >= 0.3 is 0 Å². The first-order valence-corrected chi connectivity index (χ1v) is 19.2. The second-order valence-corrected chi connectivity index (χ2v) is 14.7. The summed E-state index contributed by atoms with van der Waals surface area (Å²) in [6, 6.07) is 66.2. The third-order valence-electron chi connectivity index (χ3n) is 10.4. The number of para-hydroxylation sites is 2. The standard InChI is InChI=1S/C49H31N5S/c1-4-16-33(17-5-1)47-50-48(34-18-6-2-7-19-34)52-49(51-47)54-41-25-14-23-38(46(41)45-37-22-11-10-15-32(37)27-30-42(45)54)35-28-29-40-44(31-35)55-43-26-13-12-24-39(43)53(40)36-20-8-3-9-21-36/h1-31H. The molecule has 0 spiro atoms. The summed E-state index contributed by atoms with van der Waals surface area (Å²) >= 11 is 1.83. The normalized spacial score (nSPS) is 12.3. The summed E-state index contributed by atoms with van der Waals surface area (Å²) in [7, 11) is 0. The molecule has 0 radical (unpaired) electrons. The van der Waals surface area contributed by atoms with E-state index in [1.165, 1.54) is 42.7 Å². The van der Waals surface area contributed by atoms with E-state index in [0.29, 0.717) is 17.6 Å². The van der Waals surface area contributed by atoms with E-state index in [2.05, 4.69) is 161 Å². The van der Waals surface area contributed by atoms with Crippen molar-refractivity contribution in [1.82, 2.24) is 19.5 Å². The van der Waals surface area contributed by atoms with Crippen molar-refractivity contribution >= 4 is 61.4 Å². The number of anilines is 3. The van der Waals surface area contributed by atoms with E-state index >= 15 is 0 Å². The molecule has 3 heterocycles. The molecule has 6 heteroatoms. The third-order valence-corrected chi connectivity index (χ3v) is 11.5. The molecule has 11 rings (SSSR count). The first kappa shape index (κ1) is 31.5. The summed E-state index contributed by atoms with van der Waals surface area (Å²) in [4.78, 5) is 20.2. The van der Waals surface area contributed by atoms with Gasteiger partial charge in [0.15, 0.2) is 11.6 Å². The predicted molar refractivity (Wildman–Crippen MR) is 227 cm³/mol. The van der Waals surface area contributed by atoms with Crippen molar-refractivity contribution in [3.05, 3.63) is 188 Å². The number of rotatable bonds is 5. The molecule has 8 aromatic carbocycles. The van der Waals surface area contributed by atoms with Crippen LogP contribution in [0.15, 0.2) is 198 Å². The van der Waals surface area contributed by atoms with E-state index < -0.39 is 0 Å². The topological polar surface area (TPSA) is 46.8 Å². The first-order valence-electron chi connectivity index (χ1n) is 18.4. The Bertz CT molecular complexity index is 3010. The lowest BCUT2D eigenvalue weighted by atomic mass is 9.96. The highest BCUT2D eigenvalue weighted by Gasteiger charge is 2.26. The molecule has 258 valence electrons. The molecule has 0 fully saturated rings. The summed E-state index contributed by atoms with van der Waals surface area (Å²) in [6.45, 7) is 0. The van der Waals surface area contributed by atoms with Crippen LogP contribution in [-0.2, 0) is 0 Å². The molecule has 5 nitrogen and oxygen atoms in total. The van der Waals surface area contributed by atoms with Gasteiger partial charge in [0.05, 0.1) is 22.4 Å². The minimum Gasteiger partial charge on any atom is -0.308 e. The molecule has 0 amide bonds. The summed E-state index contributed by atoms with van der Waals surface area (Å²) in [6.07, 6.45) is 0. The van der Waals surface area contributed by atoms with E-state index in [9.17, 15) is 0 Å². The van der Waals surface area contributed by atoms with E-state index in [1.807, 2.05) is 48.2 Å². The maximum atomic E-state index is 5.20. The second-order valence-electron chi connectivity index (χ2n) is 13.7. The van der Waals surface area contributed by atoms with Crippen LogP contribution in [0, 0.1) is 0 Å². The van der Waals surface area contributed by atoms with Crippen molar-refractivity contribution in [2.24, 2.45) is 0 Å². The summed E-state index contributed by atoms with van der Waals surface area (Å²) in [5.74, 6) is 1.84. The molecule has 0 N–H and O–H groups in total. The average Bonchev–Trinajstić information content (AvgIpc) is 3.61. The van der Waals surface area contributed by atoms with Crippen LogP contribution in [0.1, 0.15) is 0 Å². The molecule has 2 aromatic heterocycles. The fourth-order valence-corrected chi connectivity index (χ4v) is 9.06. The molecule has 1 aliphatic rings. The Balaban J connectivity index is 1.18. The third kappa shape index (κ3) is 5.22. The van der Waals surface area contributed by atoms with Gasteiger partial charge in [-0.1, -0.05) is 151 Å². The monoisotopic (exact) mass is 721 g/mol. The Kier molecular flexibility index (Phi) is 7.35. The van der Waals surface area contributed by atoms with Gasteiger partial charge in [0.1, 0.15) is 0 Å². The van der Waals surface area contributed by atoms with Crippen LogP contribution in [0.4, 0.5) is 17.1 Å². The van der Waals surface area contributed by atoms with Gasteiger partial charge < -0.3 is 4.90 Å². The van der Waals surface area contributed by atoms with E-state index in [0.717, 1.165) is 39.0 Å². The molecule has 0 saturated carbocycles. The molecule has 0 atom stereocenters. The summed E-state index contributed by atoms with van der Waals surface area (Å²) in [5.41, 5.74) is 9.78. The lowest BCUT2D eigenvalue weighted by Crippen LogP contribution is -2.14. The van der Waals surface area contributed by atoms with Crippen LogP contribution < -0.4 is 4.90 Å². The Morgan fingerprint density at radius 2 is 1.05 bits per heavy atom. The Hall–Kier alpha value is -7.02. The van der Waals surface area contributed by atoms with Gasteiger partial charge in [-0.2, -0.15) is 9.97 Å². The van der Waals surface area contributed by atoms with E-state index in [-0.39, 0.29) is 0 Å². The van der Waals surface area contributed by atoms with Crippen LogP contribution in [0.5, 0.6) is 0 Å². The quantitative estimate of drug-likeness (QED) is 0.177. The maximum absolute atomic E-state index is 5.20. The molecular formula is C49H31N5S. The number of fused-ring (bicyclic) bond motifs is 7. The summed E-state index contributed by atoms with van der Waals surface area (Å²) < 4.78 is 2.22. The van der Waals surface area contributed by atoms with E-state index in [4.69, 9.17) is 15.0 Å². The largest absolute Gasteiger partial charge is 0.308 e. The molecular weight excluding hydrogens is 691 g/mol. The number of benzene rings is 8. The van der Waals surface area contributed by atoms with Crippen molar-refractivity contribution in [3.8, 4) is 39.9 Å². The van der Waals surface area contributed by atoms with Gasteiger partial charge in [-0.15, -0.1) is 0 Å². The molecule has 0 bridgehead atoms. The van der Waals surface area contributed by atoms with Gasteiger partial charge in [-0.05, 0) is 70.4 Å². The number of hydrogen-bond acceptors (Lipinski definition) is 5. The lowest BCUT2D eigenvalue weighted by molar-refractivity contribution is 0.953. The van der Waals surface area contributed by atoms with Crippen LogP contribution in [0.25, 0.3) is 72.4 Å². The summed E-state index contributed by atoms with van der Waals surface area (Å²) in [5, 5.41) is 4.71. The van der Waals surface area contributed by atoms with Crippen LogP contribution in [-0.4, -0.2) is 19.5 Å². The zero-order valence-corrected chi connectivity index (χ0v) is 30.4. The molecule has 55 heavy (non-hydrogen) atoms. The zero-order chi connectivity index (χ0) is 36.3. The van der Waals surface area contributed by atoms with Gasteiger partial charge in [0.2, 0.25) is 5.95 Å². The van der Waals surface area contributed by atoms with Crippen molar-refractivity contribution in [3.63, 3.8) is 0 Å².